The second-order valence-electron chi connectivity index (χ2n) is 17.1. The third kappa shape index (κ3) is 34.4. The lowest BCUT2D eigenvalue weighted by molar-refractivity contribution is -0.0625. The van der Waals surface area contributed by atoms with E-state index in [1.54, 1.807) is 7.11 Å². The van der Waals surface area contributed by atoms with Crippen molar-refractivity contribution in [2.75, 3.05) is 13.7 Å². The van der Waals surface area contributed by atoms with E-state index < -0.39 is 0 Å². The van der Waals surface area contributed by atoms with Crippen LogP contribution < -0.4 is 5.32 Å². The maximum atomic E-state index is 6.53. The molecule has 0 saturated carbocycles. The predicted molar refractivity (Wildman–Crippen MR) is 222 cm³/mol. The highest BCUT2D eigenvalue weighted by molar-refractivity contribution is 4.85. The molecule has 0 radical (unpaired) electrons. The summed E-state index contributed by atoms with van der Waals surface area (Å²) in [7, 11) is 1.77. The molecule has 1 N–H and O–H groups in total. The lowest BCUT2D eigenvalue weighted by Crippen LogP contribution is -2.33. The fourth-order valence-corrected chi connectivity index (χ4v) is 6.94. The lowest BCUT2D eigenvalue weighted by Gasteiger charge is -2.30. The van der Waals surface area contributed by atoms with Crippen LogP contribution >= 0.6 is 0 Å². The average Bonchev–Trinajstić information content (AvgIpc) is 3.07. The van der Waals surface area contributed by atoms with Crippen LogP contribution in [0.4, 0.5) is 0 Å². The molecule has 50 heavy (non-hydrogen) atoms. The van der Waals surface area contributed by atoms with Crippen LogP contribution in [0.1, 0.15) is 248 Å². The van der Waals surface area contributed by atoms with E-state index in [4.69, 9.17) is 14.2 Å². The molecule has 0 bridgehead atoms. The number of hydrogen-bond acceptors (Lipinski definition) is 4. The molecule has 300 valence electrons. The van der Waals surface area contributed by atoms with Crippen LogP contribution in [0.25, 0.3) is 0 Å². The molecule has 0 amide bonds. The van der Waals surface area contributed by atoms with Gasteiger partial charge in [-0.15, -0.1) is 0 Å². The van der Waals surface area contributed by atoms with Crippen molar-refractivity contribution in [2.24, 2.45) is 0 Å². The molecule has 4 nitrogen and oxygen atoms in total. The van der Waals surface area contributed by atoms with Gasteiger partial charge in [0.15, 0.2) is 5.88 Å². The Morgan fingerprint density at radius 3 is 1.24 bits per heavy atom. The summed E-state index contributed by atoms with van der Waals surface area (Å²) in [5.74, 6) is 0.757. The zero-order valence-electron chi connectivity index (χ0n) is 35.7. The van der Waals surface area contributed by atoms with Crippen molar-refractivity contribution in [3.63, 3.8) is 0 Å². The van der Waals surface area contributed by atoms with Gasteiger partial charge in [-0.05, 0) is 86.1 Å². The van der Waals surface area contributed by atoms with Gasteiger partial charge in [-0.3, -0.25) is 0 Å². The fraction of sp³-hybridized carbons (Fsp3) is 0.957. The van der Waals surface area contributed by atoms with Gasteiger partial charge in [0.1, 0.15) is 6.10 Å². The van der Waals surface area contributed by atoms with E-state index in [1.165, 1.54) is 167 Å². The van der Waals surface area contributed by atoms with Crippen LogP contribution in [0, 0.1) is 0 Å². The molecule has 0 aliphatic heterocycles. The molecule has 0 aromatic heterocycles. The van der Waals surface area contributed by atoms with E-state index in [0.717, 1.165) is 38.0 Å². The molecule has 1 atom stereocenters. The van der Waals surface area contributed by atoms with E-state index >= 15 is 0 Å². The molecule has 0 spiro atoms. The maximum Gasteiger partial charge on any atom is 0.179 e. The van der Waals surface area contributed by atoms with Gasteiger partial charge >= 0.3 is 0 Å². The highest BCUT2D eigenvalue weighted by atomic mass is 16.5. The molecule has 0 aromatic rings. The monoisotopic (exact) mass is 708 g/mol. The molecule has 0 aliphatic rings. The highest BCUT2D eigenvalue weighted by Crippen LogP contribution is 2.23. The van der Waals surface area contributed by atoms with Gasteiger partial charge in [0.25, 0.3) is 0 Å². The predicted octanol–water partition coefficient (Wildman–Crippen LogP) is 15.2. The number of nitrogens with one attached hydrogen (secondary N) is 1. The molecule has 0 rings (SSSR count). The summed E-state index contributed by atoms with van der Waals surface area (Å²) in [6.07, 6.45) is 41.9. The van der Waals surface area contributed by atoms with Gasteiger partial charge in [0, 0.05) is 13.2 Å². The Balaban J connectivity index is 4.43. The van der Waals surface area contributed by atoms with Crippen molar-refractivity contribution >= 4 is 0 Å². The minimum Gasteiger partial charge on any atom is -0.476 e. The molecule has 4 heteroatoms. The van der Waals surface area contributed by atoms with Crippen molar-refractivity contribution in [2.45, 2.75) is 271 Å². The largest absolute Gasteiger partial charge is 0.476 e. The van der Waals surface area contributed by atoms with Crippen LogP contribution in [0.5, 0.6) is 0 Å². The minimum absolute atomic E-state index is 0.142. The Bertz CT molecular complexity index is 690. The quantitative estimate of drug-likeness (QED) is 0.0508. The highest BCUT2D eigenvalue weighted by Gasteiger charge is 2.23. The topological polar surface area (TPSA) is 39.7 Å². The van der Waals surface area contributed by atoms with Crippen molar-refractivity contribution in [1.29, 1.82) is 0 Å². The lowest BCUT2D eigenvalue weighted by atomic mass is 9.99. The first-order valence-corrected chi connectivity index (χ1v) is 22.4. The molecule has 0 fully saturated rings. The summed E-state index contributed by atoms with van der Waals surface area (Å²) in [6, 6.07) is 0.300. The van der Waals surface area contributed by atoms with Crippen LogP contribution in [-0.2, 0) is 14.2 Å². The Kier molecular flexibility index (Phi) is 33.6. The summed E-state index contributed by atoms with van der Waals surface area (Å²) in [5.41, 5.74) is -0.302. The van der Waals surface area contributed by atoms with Gasteiger partial charge in [0.05, 0.1) is 17.8 Å². The van der Waals surface area contributed by atoms with Gasteiger partial charge < -0.3 is 19.5 Å². The average molecular weight is 708 g/mol. The molecule has 0 aliphatic carbocycles. The van der Waals surface area contributed by atoms with Crippen molar-refractivity contribution in [1.82, 2.24) is 5.32 Å². The van der Waals surface area contributed by atoms with Gasteiger partial charge in [-0.25, -0.2) is 0 Å². The normalized spacial score (nSPS) is 12.9. The fourth-order valence-electron chi connectivity index (χ4n) is 6.94. The first-order valence-electron chi connectivity index (χ1n) is 22.4. The van der Waals surface area contributed by atoms with Gasteiger partial charge in [-0.1, -0.05) is 168 Å². The SMILES string of the molecule is C=C(NC(C)CCC(C)(C)OCCC(C)(C)OC)OC(CCCCCCCCCCCCCCC)CCCCCCCCCCCCCCC. The molecule has 1 unspecified atom stereocenters. The van der Waals surface area contributed by atoms with E-state index in [2.05, 4.69) is 60.4 Å². The third-order valence-corrected chi connectivity index (χ3v) is 10.9. The molecule has 0 aromatic carbocycles. The number of ether oxygens (including phenoxy) is 3. The Morgan fingerprint density at radius 2 is 0.880 bits per heavy atom. The Morgan fingerprint density at radius 1 is 0.520 bits per heavy atom. The zero-order valence-corrected chi connectivity index (χ0v) is 35.7. The minimum atomic E-state index is -0.160. The summed E-state index contributed by atoms with van der Waals surface area (Å²) in [6.45, 7) is 20.5. The van der Waals surface area contributed by atoms with Gasteiger partial charge in [-0.2, -0.15) is 0 Å². The van der Waals surface area contributed by atoms with Crippen molar-refractivity contribution < 1.29 is 14.2 Å². The second kappa shape index (κ2) is 34.1. The first kappa shape index (κ1) is 49.3. The van der Waals surface area contributed by atoms with Crippen LogP contribution in [0.2, 0.25) is 0 Å². The second-order valence-corrected chi connectivity index (χ2v) is 17.1. The zero-order chi connectivity index (χ0) is 37.2. The van der Waals surface area contributed by atoms with Crippen molar-refractivity contribution in [3.8, 4) is 0 Å². The standard InChI is InChI=1S/C46H93NO3/c1-10-12-14-16-18-20-22-24-26-28-30-32-34-36-44(37-35-33-31-29-27-25-23-21-19-17-15-13-11-2)50-43(4)47-42(3)38-39-46(7,8)49-41-40-45(5,6)48-9/h42,44,47H,4,10-41H2,1-3,5-9H3. The molecular weight excluding hydrogens is 615 g/mol. The summed E-state index contributed by atoms with van der Waals surface area (Å²) in [4.78, 5) is 0. The van der Waals surface area contributed by atoms with Crippen LogP contribution in [-0.4, -0.2) is 37.1 Å². The van der Waals surface area contributed by atoms with Crippen molar-refractivity contribution in [3.05, 3.63) is 12.5 Å². The van der Waals surface area contributed by atoms with Crippen LogP contribution in [0.3, 0.4) is 0 Å². The molecule has 0 saturated heterocycles. The summed E-state index contributed by atoms with van der Waals surface area (Å²) in [5, 5.41) is 3.58. The Hall–Kier alpha value is -0.740. The number of methoxy groups -OCH3 is 1. The molecule has 0 heterocycles. The summed E-state index contributed by atoms with van der Waals surface area (Å²) < 4.78 is 18.3. The van der Waals surface area contributed by atoms with E-state index in [0.29, 0.717) is 12.6 Å². The first-order chi connectivity index (χ1) is 24.0. The van der Waals surface area contributed by atoms with E-state index in [-0.39, 0.29) is 17.3 Å². The third-order valence-electron chi connectivity index (χ3n) is 10.9. The smallest absolute Gasteiger partial charge is 0.179 e. The van der Waals surface area contributed by atoms with E-state index in [9.17, 15) is 0 Å². The van der Waals surface area contributed by atoms with Crippen LogP contribution in [0.15, 0.2) is 12.5 Å². The van der Waals surface area contributed by atoms with E-state index in [1.807, 2.05) is 0 Å². The van der Waals surface area contributed by atoms with Gasteiger partial charge in [0.2, 0.25) is 0 Å². The Labute approximate surface area is 315 Å². The number of rotatable bonds is 40. The molecular formula is C46H93NO3. The number of unbranched alkanes of at least 4 members (excludes halogenated alkanes) is 24. The number of hydrogen-bond donors (Lipinski definition) is 1. The maximum absolute atomic E-state index is 6.53. The summed E-state index contributed by atoms with van der Waals surface area (Å²) >= 11 is 0.